The third-order valence-corrected chi connectivity index (χ3v) is 3.86. The average molecular weight is 268 g/mol. The highest BCUT2D eigenvalue weighted by atomic mass is 35.5. The Morgan fingerprint density at radius 1 is 1.35 bits per heavy atom. The summed E-state index contributed by atoms with van der Waals surface area (Å²) >= 11 is 7.83. The summed E-state index contributed by atoms with van der Waals surface area (Å²) in [5.41, 5.74) is 0.894. The molecule has 0 aliphatic carbocycles. The maximum Gasteiger partial charge on any atom is 0.242 e. The molecule has 1 amide bonds. The van der Waals surface area contributed by atoms with Crippen LogP contribution in [-0.2, 0) is 4.79 Å². The van der Waals surface area contributed by atoms with E-state index in [9.17, 15) is 4.79 Å². The van der Waals surface area contributed by atoms with Crippen LogP contribution in [0.25, 0.3) is 10.1 Å². The highest BCUT2D eigenvalue weighted by Gasteiger charge is 2.21. The van der Waals surface area contributed by atoms with Gasteiger partial charge in [0.15, 0.2) is 0 Å². The molecule has 17 heavy (non-hydrogen) atoms. The number of carbonyl (C=O) groups is 1. The summed E-state index contributed by atoms with van der Waals surface area (Å²) in [5, 5.41) is 5.24. The third-order valence-electron chi connectivity index (χ3n) is 2.45. The van der Waals surface area contributed by atoms with Crippen LogP contribution < -0.4 is 5.32 Å². The van der Waals surface area contributed by atoms with Crippen molar-refractivity contribution in [2.45, 2.75) is 25.3 Å². The quantitative estimate of drug-likeness (QED) is 0.844. The van der Waals surface area contributed by atoms with Crippen molar-refractivity contribution in [2.75, 3.05) is 0 Å². The molecule has 0 aliphatic rings. The zero-order chi connectivity index (χ0) is 12.4. The normalized spacial score (nSPS) is 12.9. The predicted molar refractivity (Wildman–Crippen MR) is 73.7 cm³/mol. The van der Waals surface area contributed by atoms with Crippen molar-refractivity contribution in [3.05, 3.63) is 35.2 Å². The lowest BCUT2D eigenvalue weighted by atomic mass is 10.1. The smallest absolute Gasteiger partial charge is 0.242 e. The first-order chi connectivity index (χ1) is 8.09. The van der Waals surface area contributed by atoms with E-state index < -0.39 is 5.38 Å². The Bertz CT molecular complexity index is 535. The van der Waals surface area contributed by atoms with Gasteiger partial charge in [0.25, 0.3) is 0 Å². The molecule has 1 aromatic heterocycles. The van der Waals surface area contributed by atoms with E-state index in [2.05, 4.69) is 5.32 Å². The molecule has 1 unspecified atom stereocenters. The number of fused-ring (bicyclic) bond motifs is 1. The van der Waals surface area contributed by atoms with Gasteiger partial charge in [-0.05, 0) is 36.2 Å². The van der Waals surface area contributed by atoms with Crippen LogP contribution in [0.15, 0.2) is 29.6 Å². The van der Waals surface area contributed by atoms with Gasteiger partial charge in [-0.1, -0.05) is 18.2 Å². The number of hydrogen-bond acceptors (Lipinski definition) is 2. The largest absolute Gasteiger partial charge is 0.352 e. The maximum absolute atomic E-state index is 11.9. The fourth-order valence-electron chi connectivity index (χ4n) is 1.69. The molecule has 2 nitrogen and oxygen atoms in total. The second kappa shape index (κ2) is 5.07. The van der Waals surface area contributed by atoms with Crippen LogP contribution in [0.3, 0.4) is 0 Å². The number of nitrogens with one attached hydrogen (secondary N) is 1. The minimum absolute atomic E-state index is 0.105. The molecular weight excluding hydrogens is 254 g/mol. The van der Waals surface area contributed by atoms with Gasteiger partial charge in [-0.15, -0.1) is 22.9 Å². The summed E-state index contributed by atoms with van der Waals surface area (Å²) in [6, 6.07) is 8.09. The van der Waals surface area contributed by atoms with Crippen LogP contribution in [0.4, 0.5) is 0 Å². The van der Waals surface area contributed by atoms with E-state index in [0.29, 0.717) is 0 Å². The van der Waals surface area contributed by atoms with E-state index in [1.165, 1.54) is 0 Å². The number of carbonyl (C=O) groups excluding carboxylic acids is 1. The molecule has 0 fully saturated rings. The third kappa shape index (κ3) is 2.61. The minimum Gasteiger partial charge on any atom is -0.352 e. The van der Waals surface area contributed by atoms with E-state index in [0.717, 1.165) is 15.6 Å². The molecule has 1 atom stereocenters. The van der Waals surface area contributed by atoms with Gasteiger partial charge in [-0.2, -0.15) is 0 Å². The molecule has 1 N–H and O–H groups in total. The Morgan fingerprint density at radius 3 is 2.76 bits per heavy atom. The molecule has 0 bridgehead atoms. The average Bonchev–Trinajstić information content (AvgIpc) is 2.70. The molecule has 0 radical (unpaired) electrons. The van der Waals surface area contributed by atoms with Crippen LogP contribution in [0.1, 0.15) is 24.8 Å². The van der Waals surface area contributed by atoms with Gasteiger partial charge in [-0.3, -0.25) is 4.79 Å². The van der Waals surface area contributed by atoms with E-state index in [1.807, 2.05) is 43.5 Å². The Hall–Kier alpha value is -1.06. The first-order valence-electron chi connectivity index (χ1n) is 5.50. The van der Waals surface area contributed by atoms with Crippen molar-refractivity contribution in [1.29, 1.82) is 0 Å². The number of rotatable bonds is 3. The molecule has 0 saturated heterocycles. The molecule has 0 saturated carbocycles. The fraction of sp³-hybridized carbons (Fsp3) is 0.308. The van der Waals surface area contributed by atoms with Gasteiger partial charge >= 0.3 is 0 Å². The van der Waals surface area contributed by atoms with Crippen LogP contribution in [0, 0.1) is 0 Å². The van der Waals surface area contributed by atoms with E-state index >= 15 is 0 Å². The predicted octanol–water partition coefficient (Wildman–Crippen LogP) is 3.71. The van der Waals surface area contributed by atoms with Crippen molar-refractivity contribution < 1.29 is 4.79 Å². The van der Waals surface area contributed by atoms with E-state index in [4.69, 9.17) is 11.6 Å². The fourth-order valence-corrected chi connectivity index (χ4v) is 3.00. The Balaban J connectivity index is 2.30. The Labute approximate surface area is 110 Å². The molecule has 4 heteroatoms. The lowest BCUT2D eigenvalue weighted by Crippen LogP contribution is -2.32. The summed E-state index contributed by atoms with van der Waals surface area (Å²) in [6.07, 6.45) is 0. The summed E-state index contributed by atoms with van der Waals surface area (Å²) in [5.74, 6) is -0.134. The molecule has 2 aromatic rings. The maximum atomic E-state index is 11.9. The standard InChI is InChI=1S/C13H14ClNOS/c1-8(2)15-13(16)12(14)10-7-17-11-6-4-3-5-9(10)11/h3-8,12H,1-2H3,(H,15,16). The lowest BCUT2D eigenvalue weighted by molar-refractivity contribution is -0.121. The molecule has 0 aliphatic heterocycles. The number of alkyl halides is 1. The molecule has 90 valence electrons. The highest BCUT2D eigenvalue weighted by molar-refractivity contribution is 7.17. The van der Waals surface area contributed by atoms with Crippen molar-refractivity contribution >= 4 is 38.9 Å². The molecule has 1 aromatic carbocycles. The van der Waals surface area contributed by atoms with E-state index in [-0.39, 0.29) is 11.9 Å². The number of halogens is 1. The summed E-state index contributed by atoms with van der Waals surface area (Å²) in [4.78, 5) is 11.9. The van der Waals surface area contributed by atoms with Crippen molar-refractivity contribution in [3.63, 3.8) is 0 Å². The molecule has 1 heterocycles. The SMILES string of the molecule is CC(C)NC(=O)C(Cl)c1csc2ccccc12. The second-order valence-corrected chi connectivity index (χ2v) is 5.56. The minimum atomic E-state index is -0.617. The Kier molecular flexibility index (Phi) is 3.69. The van der Waals surface area contributed by atoms with Gasteiger partial charge in [0.2, 0.25) is 5.91 Å². The number of amides is 1. The molecule has 2 rings (SSSR count). The van der Waals surface area contributed by atoms with Crippen LogP contribution >= 0.6 is 22.9 Å². The van der Waals surface area contributed by atoms with E-state index in [1.54, 1.807) is 11.3 Å². The van der Waals surface area contributed by atoms with Crippen LogP contribution in [0.5, 0.6) is 0 Å². The van der Waals surface area contributed by atoms with Gasteiger partial charge in [0.1, 0.15) is 5.38 Å². The van der Waals surface area contributed by atoms with Gasteiger partial charge < -0.3 is 5.32 Å². The van der Waals surface area contributed by atoms with Crippen molar-refractivity contribution in [1.82, 2.24) is 5.32 Å². The second-order valence-electron chi connectivity index (χ2n) is 4.21. The zero-order valence-electron chi connectivity index (χ0n) is 9.74. The van der Waals surface area contributed by atoms with Crippen LogP contribution in [0.2, 0.25) is 0 Å². The van der Waals surface area contributed by atoms with Crippen LogP contribution in [-0.4, -0.2) is 11.9 Å². The van der Waals surface area contributed by atoms with Gasteiger partial charge in [0.05, 0.1) is 0 Å². The first-order valence-corrected chi connectivity index (χ1v) is 6.82. The molecular formula is C13H14ClNOS. The van der Waals surface area contributed by atoms with Gasteiger partial charge in [-0.25, -0.2) is 0 Å². The Morgan fingerprint density at radius 2 is 2.06 bits per heavy atom. The van der Waals surface area contributed by atoms with Crippen molar-refractivity contribution in [2.24, 2.45) is 0 Å². The zero-order valence-corrected chi connectivity index (χ0v) is 11.3. The molecule has 0 spiro atoms. The summed E-state index contributed by atoms with van der Waals surface area (Å²) in [7, 11) is 0. The lowest BCUT2D eigenvalue weighted by Gasteiger charge is -2.12. The number of thiophene rings is 1. The first kappa shape index (κ1) is 12.4. The monoisotopic (exact) mass is 267 g/mol. The summed E-state index contributed by atoms with van der Waals surface area (Å²) in [6.45, 7) is 3.85. The van der Waals surface area contributed by atoms with Crippen molar-refractivity contribution in [3.8, 4) is 0 Å². The number of hydrogen-bond donors (Lipinski definition) is 1. The van der Waals surface area contributed by atoms with Gasteiger partial charge in [0, 0.05) is 10.7 Å². The number of benzene rings is 1. The topological polar surface area (TPSA) is 29.1 Å². The summed E-state index contributed by atoms with van der Waals surface area (Å²) < 4.78 is 1.16. The highest BCUT2D eigenvalue weighted by Crippen LogP contribution is 2.33.